The Morgan fingerprint density at radius 1 is 1.04 bits per heavy atom. The maximum atomic E-state index is 14.2. The number of hydrogen-bond acceptors (Lipinski definition) is 4. The number of rotatable bonds is 6. The molecule has 0 radical (unpaired) electrons. The van der Waals surface area contributed by atoms with Crippen molar-refractivity contribution in [1.82, 2.24) is 0 Å². The molecule has 0 spiro atoms. The lowest BCUT2D eigenvalue weighted by Gasteiger charge is -2.11. The van der Waals surface area contributed by atoms with Gasteiger partial charge >= 0.3 is 5.97 Å². The van der Waals surface area contributed by atoms with Gasteiger partial charge in [0, 0.05) is 29.3 Å². The van der Waals surface area contributed by atoms with E-state index in [1.54, 1.807) is 0 Å². The lowest BCUT2D eigenvalue weighted by atomic mass is 10.0. The largest absolute Gasteiger partial charge is 0.461 e. The van der Waals surface area contributed by atoms with Crippen molar-refractivity contribution in [2.75, 3.05) is 0 Å². The van der Waals surface area contributed by atoms with Crippen molar-refractivity contribution >= 4 is 5.97 Å². The molecule has 0 fully saturated rings. The SMILES string of the molecule is C=CC(=O)Oc1ccc(-c2ccc(OC(O)C=C)cc2F)c(F)c1. The van der Waals surface area contributed by atoms with Gasteiger partial charge in [0.25, 0.3) is 0 Å². The van der Waals surface area contributed by atoms with Crippen LogP contribution in [0, 0.1) is 11.6 Å². The molecule has 0 aliphatic heterocycles. The first kappa shape index (κ1) is 17.4. The quantitative estimate of drug-likeness (QED) is 0.289. The summed E-state index contributed by atoms with van der Waals surface area (Å²) in [6.45, 7) is 6.57. The Morgan fingerprint density at radius 2 is 1.58 bits per heavy atom. The van der Waals surface area contributed by atoms with Crippen LogP contribution in [0.4, 0.5) is 8.78 Å². The molecular formula is C18H14F2O4. The average Bonchev–Trinajstić information content (AvgIpc) is 2.55. The van der Waals surface area contributed by atoms with Crippen molar-refractivity contribution in [2.45, 2.75) is 6.29 Å². The number of aliphatic hydroxyl groups excluding tert-OH is 1. The van der Waals surface area contributed by atoms with E-state index in [0.29, 0.717) is 0 Å². The van der Waals surface area contributed by atoms with E-state index in [1.807, 2.05) is 0 Å². The number of benzene rings is 2. The van der Waals surface area contributed by atoms with Gasteiger partial charge in [-0.05, 0) is 30.3 Å². The number of ether oxygens (including phenoxy) is 2. The summed E-state index contributed by atoms with van der Waals surface area (Å²) in [6, 6.07) is 7.32. The van der Waals surface area contributed by atoms with Gasteiger partial charge in [0.2, 0.25) is 6.29 Å². The zero-order chi connectivity index (χ0) is 17.7. The van der Waals surface area contributed by atoms with Crippen LogP contribution in [0.5, 0.6) is 11.5 Å². The van der Waals surface area contributed by atoms with Crippen molar-refractivity contribution in [2.24, 2.45) is 0 Å². The lowest BCUT2D eigenvalue weighted by molar-refractivity contribution is -0.128. The van der Waals surface area contributed by atoms with Crippen LogP contribution in [-0.2, 0) is 4.79 Å². The first-order valence-electron chi connectivity index (χ1n) is 6.85. The molecule has 24 heavy (non-hydrogen) atoms. The van der Waals surface area contributed by atoms with Crippen molar-refractivity contribution in [3.05, 3.63) is 73.3 Å². The minimum absolute atomic E-state index is 0.00506. The highest BCUT2D eigenvalue weighted by molar-refractivity contribution is 5.83. The van der Waals surface area contributed by atoms with E-state index >= 15 is 0 Å². The summed E-state index contributed by atoms with van der Waals surface area (Å²) in [7, 11) is 0. The summed E-state index contributed by atoms with van der Waals surface area (Å²) >= 11 is 0. The third-order valence-corrected chi connectivity index (χ3v) is 3.01. The van der Waals surface area contributed by atoms with Gasteiger partial charge in [0.05, 0.1) is 0 Å². The molecule has 2 rings (SSSR count). The monoisotopic (exact) mass is 332 g/mol. The minimum atomic E-state index is -1.27. The van der Waals surface area contributed by atoms with E-state index in [4.69, 9.17) is 9.47 Å². The summed E-state index contributed by atoms with van der Waals surface area (Å²) in [6.07, 6.45) is 0.808. The molecular weight excluding hydrogens is 318 g/mol. The van der Waals surface area contributed by atoms with E-state index in [1.165, 1.54) is 24.3 Å². The molecule has 4 nitrogen and oxygen atoms in total. The van der Waals surface area contributed by atoms with Gasteiger partial charge in [0.1, 0.15) is 23.1 Å². The predicted octanol–water partition coefficient (Wildman–Crippen LogP) is 3.61. The number of esters is 1. The van der Waals surface area contributed by atoms with Gasteiger partial charge in [-0.1, -0.05) is 13.2 Å². The fraction of sp³-hybridized carbons (Fsp3) is 0.0556. The second kappa shape index (κ2) is 7.52. The molecule has 0 aliphatic rings. The Kier molecular flexibility index (Phi) is 5.44. The second-order valence-corrected chi connectivity index (χ2v) is 4.65. The fourth-order valence-electron chi connectivity index (χ4n) is 1.91. The Hall–Kier alpha value is -2.99. The molecule has 2 aromatic carbocycles. The van der Waals surface area contributed by atoms with Crippen LogP contribution in [0.15, 0.2) is 61.7 Å². The normalized spacial score (nSPS) is 11.5. The molecule has 2 aromatic rings. The molecule has 0 aliphatic carbocycles. The molecule has 1 unspecified atom stereocenters. The van der Waals surface area contributed by atoms with Crippen LogP contribution in [-0.4, -0.2) is 17.4 Å². The Bertz CT molecular complexity index is 787. The number of hydrogen-bond donors (Lipinski definition) is 1. The van der Waals surface area contributed by atoms with E-state index in [0.717, 1.165) is 24.3 Å². The van der Waals surface area contributed by atoms with Crippen molar-refractivity contribution in [3.63, 3.8) is 0 Å². The summed E-state index contributed by atoms with van der Waals surface area (Å²) in [5.41, 5.74) is -0.0174. The van der Waals surface area contributed by atoms with Crippen LogP contribution < -0.4 is 9.47 Å². The minimum Gasteiger partial charge on any atom is -0.461 e. The van der Waals surface area contributed by atoms with E-state index in [-0.39, 0.29) is 22.6 Å². The molecule has 0 saturated carbocycles. The molecule has 124 valence electrons. The van der Waals surface area contributed by atoms with Crippen LogP contribution >= 0.6 is 0 Å². The second-order valence-electron chi connectivity index (χ2n) is 4.65. The molecule has 0 aromatic heterocycles. The maximum Gasteiger partial charge on any atom is 0.335 e. The Morgan fingerprint density at radius 3 is 2.08 bits per heavy atom. The molecule has 0 amide bonds. The molecule has 1 atom stereocenters. The maximum absolute atomic E-state index is 14.2. The molecule has 1 N–H and O–H groups in total. The molecule has 0 heterocycles. The summed E-state index contributed by atoms with van der Waals surface area (Å²) in [5, 5.41) is 9.28. The van der Waals surface area contributed by atoms with Crippen LogP contribution in [0.1, 0.15) is 0 Å². The summed E-state index contributed by atoms with van der Waals surface area (Å²) in [4.78, 5) is 11.1. The van der Waals surface area contributed by atoms with Gasteiger partial charge in [-0.2, -0.15) is 0 Å². The Labute approximate surface area is 137 Å². The highest BCUT2D eigenvalue weighted by Crippen LogP contribution is 2.30. The Balaban J connectivity index is 2.29. The van der Waals surface area contributed by atoms with Gasteiger partial charge in [-0.15, -0.1) is 0 Å². The first-order chi connectivity index (χ1) is 11.4. The zero-order valence-corrected chi connectivity index (χ0v) is 12.5. The first-order valence-corrected chi connectivity index (χ1v) is 6.85. The standard InChI is InChI=1S/C18H14F2O4/c1-3-17(21)23-11-5-7-13(15(19)9-11)14-8-6-12(10-16(14)20)24-18(22)4-2/h3-10,17,21H,1-2H2. The highest BCUT2D eigenvalue weighted by atomic mass is 19.1. The zero-order valence-electron chi connectivity index (χ0n) is 12.5. The van der Waals surface area contributed by atoms with Crippen LogP contribution in [0.3, 0.4) is 0 Å². The average molecular weight is 332 g/mol. The molecule has 6 heteroatoms. The smallest absolute Gasteiger partial charge is 0.335 e. The van der Waals surface area contributed by atoms with Crippen LogP contribution in [0.25, 0.3) is 11.1 Å². The summed E-state index contributed by atoms with van der Waals surface area (Å²) in [5.74, 6) is -2.17. The lowest BCUT2D eigenvalue weighted by Crippen LogP contribution is -2.11. The molecule has 0 bridgehead atoms. The topological polar surface area (TPSA) is 55.8 Å². The predicted molar refractivity (Wildman–Crippen MR) is 84.5 cm³/mol. The number of halogens is 2. The van der Waals surface area contributed by atoms with Crippen molar-refractivity contribution in [3.8, 4) is 22.6 Å². The molecule has 0 saturated heterocycles. The number of carbonyl (C=O) groups excluding carboxylic acids is 1. The third kappa shape index (κ3) is 4.05. The van der Waals surface area contributed by atoms with Gasteiger partial charge in [-0.3, -0.25) is 0 Å². The number of carbonyl (C=O) groups is 1. The van der Waals surface area contributed by atoms with Gasteiger partial charge in [-0.25, -0.2) is 13.6 Å². The van der Waals surface area contributed by atoms with Crippen molar-refractivity contribution < 1.29 is 28.2 Å². The number of aliphatic hydroxyl groups is 1. The van der Waals surface area contributed by atoms with E-state index in [9.17, 15) is 18.7 Å². The summed E-state index contributed by atoms with van der Waals surface area (Å²) < 4.78 is 38.1. The van der Waals surface area contributed by atoms with Gasteiger partial charge in [0.15, 0.2) is 0 Å². The van der Waals surface area contributed by atoms with Crippen LogP contribution in [0.2, 0.25) is 0 Å². The van der Waals surface area contributed by atoms with E-state index < -0.39 is 23.9 Å². The van der Waals surface area contributed by atoms with E-state index in [2.05, 4.69) is 13.2 Å². The highest BCUT2D eigenvalue weighted by Gasteiger charge is 2.13. The third-order valence-electron chi connectivity index (χ3n) is 3.01. The van der Waals surface area contributed by atoms with Gasteiger partial charge < -0.3 is 14.6 Å². The fourth-order valence-corrected chi connectivity index (χ4v) is 1.91. The van der Waals surface area contributed by atoms with Crippen molar-refractivity contribution in [1.29, 1.82) is 0 Å².